The van der Waals surface area contributed by atoms with Crippen LogP contribution in [-0.2, 0) is 4.74 Å². The van der Waals surface area contributed by atoms with Gasteiger partial charge in [-0.05, 0) is 6.92 Å². The smallest absolute Gasteiger partial charge is 0.290 e. The molecule has 2 rings (SSSR count). The molecule has 1 aromatic rings. The quantitative estimate of drug-likeness (QED) is 0.695. The number of nitrogens with one attached hydrogen (secondary N) is 1. The van der Waals surface area contributed by atoms with E-state index in [1.54, 1.807) is 6.20 Å². The van der Waals surface area contributed by atoms with Crippen molar-refractivity contribution in [3.8, 4) is 0 Å². The Balaban J connectivity index is 2.21. The zero-order valence-electron chi connectivity index (χ0n) is 9.22. The van der Waals surface area contributed by atoms with Crippen LogP contribution >= 0.6 is 0 Å². The molecule has 0 saturated carbocycles. The summed E-state index contributed by atoms with van der Waals surface area (Å²) in [5.41, 5.74) is 5.41. The molecule has 1 aliphatic heterocycles. The van der Waals surface area contributed by atoms with Gasteiger partial charge >= 0.3 is 0 Å². The maximum atomic E-state index is 11.6. The summed E-state index contributed by atoms with van der Waals surface area (Å²) in [5, 5.41) is 0. The summed E-state index contributed by atoms with van der Waals surface area (Å²) in [6.07, 6.45) is 3.12. The number of aromatic amines is 1. The number of H-pyrrole nitrogens is 1. The van der Waals surface area contributed by atoms with E-state index < -0.39 is 0 Å². The molecule has 1 aliphatic rings. The standard InChI is InChI=1S/C10H16N4O2/c1-7-5-14(6-8(4-11)16-7)9-10(15)13-3-2-12-9/h2-3,7-8H,4-6,11H2,1H3,(H,13,15). The van der Waals surface area contributed by atoms with Crippen molar-refractivity contribution in [2.75, 3.05) is 24.5 Å². The van der Waals surface area contributed by atoms with Crippen molar-refractivity contribution in [3.63, 3.8) is 0 Å². The van der Waals surface area contributed by atoms with E-state index in [1.165, 1.54) is 6.20 Å². The first-order valence-electron chi connectivity index (χ1n) is 5.35. The van der Waals surface area contributed by atoms with Crippen molar-refractivity contribution in [1.29, 1.82) is 0 Å². The maximum Gasteiger partial charge on any atom is 0.290 e. The van der Waals surface area contributed by atoms with E-state index in [2.05, 4.69) is 9.97 Å². The van der Waals surface area contributed by atoms with Crippen molar-refractivity contribution in [2.24, 2.45) is 5.73 Å². The molecule has 1 fully saturated rings. The molecule has 2 atom stereocenters. The Hall–Kier alpha value is -1.40. The lowest BCUT2D eigenvalue weighted by Crippen LogP contribution is -2.51. The number of rotatable bonds is 2. The SMILES string of the molecule is CC1CN(c2ncc[nH]c2=O)CC(CN)O1. The third-order valence-corrected chi connectivity index (χ3v) is 2.58. The van der Waals surface area contributed by atoms with E-state index in [0.717, 1.165) is 0 Å². The summed E-state index contributed by atoms with van der Waals surface area (Å²) in [7, 11) is 0. The van der Waals surface area contributed by atoms with E-state index >= 15 is 0 Å². The van der Waals surface area contributed by atoms with Crippen LogP contribution < -0.4 is 16.2 Å². The highest BCUT2D eigenvalue weighted by Gasteiger charge is 2.26. The topological polar surface area (TPSA) is 84.2 Å². The Kier molecular flexibility index (Phi) is 3.21. The summed E-state index contributed by atoms with van der Waals surface area (Å²) in [6.45, 7) is 3.69. The first-order valence-corrected chi connectivity index (χ1v) is 5.35. The first-order chi connectivity index (χ1) is 7.70. The number of aromatic nitrogens is 2. The summed E-state index contributed by atoms with van der Waals surface area (Å²) in [4.78, 5) is 20.2. The predicted molar refractivity (Wildman–Crippen MR) is 60.5 cm³/mol. The first kappa shape index (κ1) is 11.1. The Morgan fingerprint density at radius 1 is 1.69 bits per heavy atom. The highest BCUT2D eigenvalue weighted by molar-refractivity contribution is 5.36. The van der Waals surface area contributed by atoms with E-state index in [4.69, 9.17) is 10.5 Å². The summed E-state index contributed by atoms with van der Waals surface area (Å²) >= 11 is 0. The van der Waals surface area contributed by atoms with Crippen LogP contribution in [0, 0.1) is 0 Å². The summed E-state index contributed by atoms with van der Waals surface area (Å²) in [5.74, 6) is 0.441. The number of ether oxygens (including phenoxy) is 1. The molecular weight excluding hydrogens is 208 g/mol. The molecule has 2 unspecified atom stereocenters. The van der Waals surface area contributed by atoms with Gasteiger partial charge in [-0.15, -0.1) is 0 Å². The number of morpholine rings is 1. The third kappa shape index (κ3) is 2.23. The zero-order chi connectivity index (χ0) is 11.5. The number of hydrogen-bond donors (Lipinski definition) is 2. The molecule has 16 heavy (non-hydrogen) atoms. The van der Waals surface area contributed by atoms with Gasteiger partial charge in [-0.25, -0.2) is 4.98 Å². The molecule has 1 saturated heterocycles. The van der Waals surface area contributed by atoms with Crippen LogP contribution in [0.1, 0.15) is 6.92 Å². The molecule has 6 nitrogen and oxygen atoms in total. The van der Waals surface area contributed by atoms with Crippen LogP contribution in [0.25, 0.3) is 0 Å². The van der Waals surface area contributed by atoms with Crippen LogP contribution in [0.5, 0.6) is 0 Å². The normalized spacial score (nSPS) is 25.8. The highest BCUT2D eigenvalue weighted by atomic mass is 16.5. The fraction of sp³-hybridized carbons (Fsp3) is 0.600. The molecule has 0 aromatic carbocycles. The monoisotopic (exact) mass is 224 g/mol. The molecule has 1 aromatic heterocycles. The molecule has 6 heteroatoms. The Labute approximate surface area is 93.4 Å². The van der Waals surface area contributed by atoms with Gasteiger partial charge in [0.05, 0.1) is 12.2 Å². The number of anilines is 1. The number of nitrogens with zero attached hydrogens (tertiary/aromatic N) is 2. The van der Waals surface area contributed by atoms with Crippen molar-refractivity contribution < 1.29 is 4.74 Å². The van der Waals surface area contributed by atoms with Gasteiger partial charge in [0.15, 0.2) is 5.82 Å². The number of hydrogen-bond acceptors (Lipinski definition) is 5. The lowest BCUT2D eigenvalue weighted by molar-refractivity contribution is -0.0107. The van der Waals surface area contributed by atoms with Gasteiger partial charge in [0.2, 0.25) is 0 Å². The molecular formula is C10H16N4O2. The largest absolute Gasteiger partial charge is 0.370 e. The minimum absolute atomic E-state index is 0.0369. The second-order valence-electron chi connectivity index (χ2n) is 3.95. The minimum atomic E-state index is -0.174. The predicted octanol–water partition coefficient (Wildman–Crippen LogP) is -0.678. The molecule has 0 radical (unpaired) electrons. The van der Waals surface area contributed by atoms with Gasteiger partial charge in [-0.1, -0.05) is 0 Å². The van der Waals surface area contributed by atoms with E-state index in [0.29, 0.717) is 25.5 Å². The van der Waals surface area contributed by atoms with Crippen molar-refractivity contribution in [3.05, 3.63) is 22.7 Å². The van der Waals surface area contributed by atoms with Gasteiger partial charge < -0.3 is 20.4 Å². The maximum absolute atomic E-state index is 11.6. The van der Waals surface area contributed by atoms with Crippen LogP contribution in [0.3, 0.4) is 0 Å². The summed E-state index contributed by atoms with van der Waals surface area (Å²) in [6, 6.07) is 0. The molecule has 0 amide bonds. The van der Waals surface area contributed by atoms with Gasteiger partial charge in [-0.2, -0.15) is 0 Å². The molecule has 0 spiro atoms. The van der Waals surface area contributed by atoms with Gasteiger partial charge in [0.1, 0.15) is 0 Å². The van der Waals surface area contributed by atoms with Crippen molar-refractivity contribution >= 4 is 5.82 Å². The Bertz CT molecular complexity index is 406. The molecule has 88 valence electrons. The Morgan fingerprint density at radius 2 is 2.50 bits per heavy atom. The number of nitrogens with two attached hydrogens (primary N) is 1. The average Bonchev–Trinajstić information content (AvgIpc) is 2.28. The second kappa shape index (κ2) is 4.63. The van der Waals surface area contributed by atoms with Crippen molar-refractivity contribution in [1.82, 2.24) is 9.97 Å². The molecule has 3 N–H and O–H groups in total. The zero-order valence-corrected chi connectivity index (χ0v) is 9.22. The molecule has 0 bridgehead atoms. The van der Waals surface area contributed by atoms with Gasteiger partial charge in [-0.3, -0.25) is 4.79 Å². The van der Waals surface area contributed by atoms with Crippen LogP contribution in [0.15, 0.2) is 17.2 Å². The average molecular weight is 224 g/mol. The minimum Gasteiger partial charge on any atom is -0.370 e. The lowest BCUT2D eigenvalue weighted by Gasteiger charge is -2.36. The second-order valence-corrected chi connectivity index (χ2v) is 3.95. The van der Waals surface area contributed by atoms with E-state index in [9.17, 15) is 4.79 Å². The Morgan fingerprint density at radius 3 is 3.19 bits per heavy atom. The van der Waals surface area contributed by atoms with Crippen LogP contribution in [-0.4, -0.2) is 41.8 Å². The van der Waals surface area contributed by atoms with Gasteiger partial charge in [0.25, 0.3) is 5.56 Å². The van der Waals surface area contributed by atoms with Crippen molar-refractivity contribution in [2.45, 2.75) is 19.1 Å². The lowest BCUT2D eigenvalue weighted by atomic mass is 10.2. The highest BCUT2D eigenvalue weighted by Crippen LogP contribution is 2.14. The molecule has 0 aliphatic carbocycles. The third-order valence-electron chi connectivity index (χ3n) is 2.58. The van der Waals surface area contributed by atoms with Crippen LogP contribution in [0.2, 0.25) is 0 Å². The van der Waals surface area contributed by atoms with Gasteiger partial charge in [0, 0.05) is 32.0 Å². The fourth-order valence-corrected chi connectivity index (χ4v) is 1.92. The van der Waals surface area contributed by atoms with Crippen LogP contribution in [0.4, 0.5) is 5.82 Å². The molecule has 2 heterocycles. The summed E-state index contributed by atoms with van der Waals surface area (Å²) < 4.78 is 5.62. The fourth-order valence-electron chi connectivity index (χ4n) is 1.92. The van der Waals surface area contributed by atoms with E-state index in [1.807, 2.05) is 11.8 Å². The van der Waals surface area contributed by atoms with E-state index in [-0.39, 0.29) is 17.8 Å².